The Hall–Kier alpha value is -0.190. The molecule has 0 bridgehead atoms. The first-order chi connectivity index (χ1) is 8.41. The zero-order chi connectivity index (χ0) is 14.0. The van der Waals surface area contributed by atoms with Crippen molar-refractivity contribution in [3.05, 3.63) is 0 Å². The fourth-order valence-corrected chi connectivity index (χ4v) is 2.78. The van der Waals surface area contributed by atoms with Crippen molar-refractivity contribution in [2.45, 2.75) is 70.2 Å². The highest BCUT2D eigenvalue weighted by Crippen LogP contribution is 2.25. The number of unbranched alkanes of at least 4 members (excludes halogenated alkanes) is 4. The Morgan fingerprint density at radius 3 is 2.22 bits per heavy atom. The fraction of sp³-hybridized carbons (Fsp3) is 0.923. The van der Waals surface area contributed by atoms with E-state index in [4.69, 9.17) is 0 Å². The molecule has 0 aliphatic rings. The molecule has 0 N–H and O–H groups in total. The standard InChI is InChI=1S/C13H23F3OS/c1-3-5-6-7-8-9-11(4-2)18-10-12(17)13(14,15)16/h11H,3-10H2,1-2H3. The second-order valence-electron chi connectivity index (χ2n) is 4.47. The van der Waals surface area contributed by atoms with E-state index >= 15 is 0 Å². The van der Waals surface area contributed by atoms with Crippen LogP contribution in [0.15, 0.2) is 0 Å². The van der Waals surface area contributed by atoms with Crippen molar-refractivity contribution in [3.8, 4) is 0 Å². The molecule has 0 aromatic carbocycles. The van der Waals surface area contributed by atoms with Gasteiger partial charge in [-0.3, -0.25) is 4.79 Å². The number of carbonyl (C=O) groups is 1. The highest BCUT2D eigenvalue weighted by molar-refractivity contribution is 8.00. The van der Waals surface area contributed by atoms with Crippen LogP contribution in [0.3, 0.4) is 0 Å². The first-order valence-corrected chi connectivity index (χ1v) is 7.68. The monoisotopic (exact) mass is 284 g/mol. The Bertz CT molecular complexity index is 229. The van der Waals surface area contributed by atoms with E-state index in [1.54, 1.807) is 0 Å². The molecule has 0 radical (unpaired) electrons. The van der Waals surface area contributed by atoms with Crippen LogP contribution in [0.2, 0.25) is 0 Å². The molecule has 18 heavy (non-hydrogen) atoms. The Labute approximate surface area is 112 Å². The molecule has 0 heterocycles. The van der Waals surface area contributed by atoms with Gasteiger partial charge in [0.2, 0.25) is 5.78 Å². The second kappa shape index (κ2) is 9.70. The molecule has 1 atom stereocenters. The third-order valence-corrected chi connectivity index (χ3v) is 4.32. The maximum absolute atomic E-state index is 12.0. The van der Waals surface area contributed by atoms with E-state index in [0.717, 1.165) is 37.4 Å². The Balaban J connectivity index is 3.74. The molecule has 1 unspecified atom stereocenters. The summed E-state index contributed by atoms with van der Waals surface area (Å²) in [6.45, 7) is 4.11. The summed E-state index contributed by atoms with van der Waals surface area (Å²) in [5, 5.41) is 0.179. The molecule has 0 spiro atoms. The lowest BCUT2D eigenvalue weighted by atomic mass is 10.1. The van der Waals surface area contributed by atoms with Gasteiger partial charge in [-0.2, -0.15) is 24.9 Å². The Morgan fingerprint density at radius 1 is 1.11 bits per heavy atom. The van der Waals surface area contributed by atoms with E-state index < -0.39 is 17.7 Å². The molecule has 0 saturated heterocycles. The van der Waals surface area contributed by atoms with Crippen LogP contribution in [0, 0.1) is 0 Å². The molecule has 0 aromatic rings. The van der Waals surface area contributed by atoms with Gasteiger partial charge in [0.15, 0.2) is 0 Å². The van der Waals surface area contributed by atoms with Crippen LogP contribution in [0.5, 0.6) is 0 Å². The van der Waals surface area contributed by atoms with Gasteiger partial charge in [0.1, 0.15) is 0 Å². The molecule has 0 rings (SSSR count). The highest BCUT2D eigenvalue weighted by atomic mass is 32.2. The normalized spacial score (nSPS) is 13.6. The third kappa shape index (κ3) is 8.84. The lowest BCUT2D eigenvalue weighted by Gasteiger charge is -2.14. The molecule has 5 heteroatoms. The van der Waals surface area contributed by atoms with Gasteiger partial charge in [-0.1, -0.05) is 46.0 Å². The highest BCUT2D eigenvalue weighted by Gasteiger charge is 2.37. The van der Waals surface area contributed by atoms with Crippen LogP contribution in [0.25, 0.3) is 0 Å². The van der Waals surface area contributed by atoms with Crippen LogP contribution in [-0.2, 0) is 4.79 Å². The van der Waals surface area contributed by atoms with Gasteiger partial charge >= 0.3 is 6.18 Å². The van der Waals surface area contributed by atoms with Crippen molar-refractivity contribution in [2.24, 2.45) is 0 Å². The molecular weight excluding hydrogens is 261 g/mol. The predicted molar refractivity (Wildman–Crippen MR) is 71.0 cm³/mol. The van der Waals surface area contributed by atoms with E-state index in [0.29, 0.717) is 0 Å². The van der Waals surface area contributed by atoms with Crippen molar-refractivity contribution in [1.82, 2.24) is 0 Å². The summed E-state index contributed by atoms with van der Waals surface area (Å²) in [5.74, 6) is -2.05. The van der Waals surface area contributed by atoms with Crippen LogP contribution in [0.4, 0.5) is 13.2 Å². The van der Waals surface area contributed by atoms with Gasteiger partial charge in [0.25, 0.3) is 0 Å². The summed E-state index contributed by atoms with van der Waals surface area (Å²) in [7, 11) is 0. The van der Waals surface area contributed by atoms with Gasteiger partial charge in [0, 0.05) is 5.25 Å². The van der Waals surface area contributed by atoms with Crippen LogP contribution in [0.1, 0.15) is 58.8 Å². The Kier molecular flexibility index (Phi) is 9.60. The first-order valence-electron chi connectivity index (χ1n) is 6.63. The molecule has 0 amide bonds. The van der Waals surface area contributed by atoms with Crippen LogP contribution < -0.4 is 0 Å². The van der Waals surface area contributed by atoms with E-state index in [1.807, 2.05) is 6.92 Å². The summed E-state index contributed by atoms with van der Waals surface area (Å²) >= 11 is 1.15. The molecule has 0 saturated carbocycles. The number of carbonyl (C=O) groups excluding carboxylic acids is 1. The molecule has 1 nitrogen and oxygen atoms in total. The summed E-state index contributed by atoms with van der Waals surface area (Å²) in [4.78, 5) is 10.8. The quantitative estimate of drug-likeness (QED) is 0.526. The summed E-state index contributed by atoms with van der Waals surface area (Å²) in [5.41, 5.74) is 0. The molecule has 0 aliphatic heterocycles. The lowest BCUT2D eigenvalue weighted by molar-refractivity contribution is -0.167. The van der Waals surface area contributed by atoms with Gasteiger partial charge < -0.3 is 0 Å². The number of hydrogen-bond acceptors (Lipinski definition) is 2. The zero-order valence-corrected chi connectivity index (χ0v) is 12.0. The predicted octanol–water partition coefficient (Wildman–Crippen LogP) is 4.99. The minimum Gasteiger partial charge on any atom is -0.289 e. The molecule has 0 aliphatic carbocycles. The molecular formula is C13H23F3OS. The minimum absolute atomic E-state index is 0.179. The van der Waals surface area contributed by atoms with E-state index in [9.17, 15) is 18.0 Å². The van der Waals surface area contributed by atoms with E-state index in [1.165, 1.54) is 19.3 Å². The minimum atomic E-state index is -4.67. The number of Topliss-reactive ketones (excluding diaryl/α,β-unsaturated/α-hetero) is 1. The summed E-state index contributed by atoms with van der Waals surface area (Å²) < 4.78 is 36.1. The van der Waals surface area contributed by atoms with Crippen molar-refractivity contribution in [1.29, 1.82) is 0 Å². The number of thioether (sulfide) groups is 1. The third-order valence-electron chi connectivity index (χ3n) is 2.85. The molecule has 0 aromatic heterocycles. The van der Waals surface area contributed by atoms with Crippen LogP contribution in [-0.4, -0.2) is 23.0 Å². The van der Waals surface area contributed by atoms with Crippen molar-refractivity contribution >= 4 is 17.5 Å². The molecule has 108 valence electrons. The number of alkyl halides is 3. The van der Waals surface area contributed by atoms with Crippen molar-refractivity contribution < 1.29 is 18.0 Å². The number of halogens is 3. The largest absolute Gasteiger partial charge is 0.450 e. The van der Waals surface area contributed by atoms with Gasteiger partial charge in [0.05, 0.1) is 5.75 Å². The van der Waals surface area contributed by atoms with Crippen molar-refractivity contribution in [3.63, 3.8) is 0 Å². The average Bonchev–Trinajstić information content (AvgIpc) is 2.31. The number of ketones is 1. The topological polar surface area (TPSA) is 17.1 Å². The van der Waals surface area contributed by atoms with Gasteiger partial charge in [-0.15, -0.1) is 0 Å². The second-order valence-corrected chi connectivity index (χ2v) is 5.75. The maximum atomic E-state index is 12.0. The van der Waals surface area contributed by atoms with Gasteiger partial charge in [-0.25, -0.2) is 0 Å². The Morgan fingerprint density at radius 2 is 1.72 bits per heavy atom. The zero-order valence-electron chi connectivity index (χ0n) is 11.2. The summed E-state index contributed by atoms with van der Waals surface area (Å²) in [6.07, 6.45) is 2.84. The average molecular weight is 284 g/mol. The fourth-order valence-electron chi connectivity index (χ4n) is 1.66. The molecule has 0 fully saturated rings. The first kappa shape index (κ1) is 17.8. The summed E-state index contributed by atoms with van der Waals surface area (Å²) in [6, 6.07) is 0. The lowest BCUT2D eigenvalue weighted by Crippen LogP contribution is -2.25. The van der Waals surface area contributed by atoms with Crippen molar-refractivity contribution in [2.75, 3.05) is 5.75 Å². The van der Waals surface area contributed by atoms with Crippen LogP contribution >= 0.6 is 11.8 Å². The van der Waals surface area contributed by atoms with E-state index in [-0.39, 0.29) is 5.25 Å². The number of hydrogen-bond donors (Lipinski definition) is 0. The SMILES string of the molecule is CCCCCCCC(CC)SCC(=O)C(F)(F)F. The number of rotatable bonds is 10. The maximum Gasteiger partial charge on any atom is 0.450 e. The smallest absolute Gasteiger partial charge is 0.289 e. The van der Waals surface area contributed by atoms with Gasteiger partial charge in [-0.05, 0) is 12.8 Å². The van der Waals surface area contributed by atoms with E-state index in [2.05, 4.69) is 6.92 Å².